The third-order valence-electron chi connectivity index (χ3n) is 1.46. The number of rotatable bonds is 1. The van der Waals surface area contributed by atoms with Crippen LogP contribution < -0.4 is 0 Å². The van der Waals surface area contributed by atoms with Gasteiger partial charge in [0.25, 0.3) is 6.43 Å². The minimum Gasteiger partial charge on any atom is -0.229 e. The lowest BCUT2D eigenvalue weighted by Crippen LogP contribution is -1.93. The highest BCUT2D eigenvalue weighted by Crippen LogP contribution is 2.28. The van der Waals surface area contributed by atoms with Gasteiger partial charge in [-0.25, -0.2) is 13.8 Å². The monoisotopic (exact) mass is 255 g/mol. The fraction of sp³-hybridized carbons (Fsp3) is 0.286. The summed E-state index contributed by atoms with van der Waals surface area (Å²) in [5.74, 6) is 0. The molecule has 0 spiro atoms. The molecule has 5 heteroatoms. The van der Waals surface area contributed by atoms with E-state index in [0.717, 1.165) is 0 Å². The van der Waals surface area contributed by atoms with Crippen LogP contribution in [0.5, 0.6) is 0 Å². The Hall–Kier alpha value is -0.220. The second-order valence-electron chi connectivity index (χ2n) is 2.25. The molecule has 1 nitrogen and oxygen atoms in total. The van der Waals surface area contributed by atoms with E-state index in [4.69, 9.17) is 11.6 Å². The van der Waals surface area contributed by atoms with Crippen molar-refractivity contribution in [3.8, 4) is 0 Å². The standard InChI is InChI=1S/C7H5BrClF2N/c1-3-4(7(10)11)2-5(9)12-6(3)8/h2,7H,1H3. The van der Waals surface area contributed by atoms with E-state index in [2.05, 4.69) is 20.9 Å². The Morgan fingerprint density at radius 2 is 2.17 bits per heavy atom. The first kappa shape index (κ1) is 9.86. The zero-order chi connectivity index (χ0) is 9.30. The third-order valence-corrected chi connectivity index (χ3v) is 2.42. The van der Waals surface area contributed by atoms with Crippen molar-refractivity contribution >= 4 is 27.5 Å². The molecular formula is C7H5BrClF2N. The highest BCUT2D eigenvalue weighted by molar-refractivity contribution is 9.10. The van der Waals surface area contributed by atoms with Crippen LogP contribution in [0.1, 0.15) is 17.6 Å². The fourth-order valence-electron chi connectivity index (χ4n) is 0.792. The van der Waals surface area contributed by atoms with E-state index in [-0.39, 0.29) is 10.7 Å². The molecule has 1 aromatic rings. The van der Waals surface area contributed by atoms with Crippen LogP contribution in [0.2, 0.25) is 5.15 Å². The zero-order valence-corrected chi connectivity index (χ0v) is 8.46. The molecule has 0 saturated carbocycles. The number of hydrogen-bond acceptors (Lipinski definition) is 1. The zero-order valence-electron chi connectivity index (χ0n) is 6.11. The summed E-state index contributed by atoms with van der Waals surface area (Å²) in [6, 6.07) is 1.17. The van der Waals surface area contributed by atoms with Gasteiger partial charge < -0.3 is 0 Å². The molecule has 0 atom stereocenters. The van der Waals surface area contributed by atoms with Crippen molar-refractivity contribution in [3.05, 3.63) is 26.9 Å². The number of hydrogen-bond donors (Lipinski definition) is 0. The second-order valence-corrected chi connectivity index (χ2v) is 3.39. The first-order valence-electron chi connectivity index (χ1n) is 3.13. The van der Waals surface area contributed by atoms with Crippen molar-refractivity contribution in [2.24, 2.45) is 0 Å². The Morgan fingerprint density at radius 3 is 2.67 bits per heavy atom. The molecule has 0 amide bonds. The van der Waals surface area contributed by atoms with Crippen LogP contribution in [0.3, 0.4) is 0 Å². The van der Waals surface area contributed by atoms with Gasteiger partial charge in [-0.1, -0.05) is 11.6 Å². The van der Waals surface area contributed by atoms with Crippen LogP contribution >= 0.6 is 27.5 Å². The molecule has 1 heterocycles. The SMILES string of the molecule is Cc1c(C(F)F)cc(Cl)nc1Br. The van der Waals surface area contributed by atoms with E-state index < -0.39 is 6.43 Å². The molecule has 0 saturated heterocycles. The van der Waals surface area contributed by atoms with Gasteiger partial charge in [-0.2, -0.15) is 0 Å². The van der Waals surface area contributed by atoms with E-state index in [0.29, 0.717) is 10.2 Å². The summed E-state index contributed by atoms with van der Waals surface area (Å²) in [4.78, 5) is 3.76. The predicted octanol–water partition coefficient (Wildman–Crippen LogP) is 3.74. The molecule has 66 valence electrons. The molecule has 0 N–H and O–H groups in total. The minimum atomic E-state index is -2.51. The van der Waals surface area contributed by atoms with Gasteiger partial charge in [-0.05, 0) is 34.5 Å². The van der Waals surface area contributed by atoms with Gasteiger partial charge in [0.05, 0.1) is 0 Å². The van der Waals surface area contributed by atoms with Crippen molar-refractivity contribution in [3.63, 3.8) is 0 Å². The molecule has 0 radical (unpaired) electrons. The second kappa shape index (κ2) is 3.66. The normalized spacial score (nSPS) is 10.8. The first-order chi connectivity index (χ1) is 5.52. The van der Waals surface area contributed by atoms with Gasteiger partial charge in [0.2, 0.25) is 0 Å². The van der Waals surface area contributed by atoms with Gasteiger partial charge in [0.15, 0.2) is 0 Å². The summed E-state index contributed by atoms with van der Waals surface area (Å²) in [7, 11) is 0. The Bertz CT molecular complexity index is 304. The molecule has 12 heavy (non-hydrogen) atoms. The number of nitrogens with zero attached hydrogens (tertiary/aromatic N) is 1. The Balaban J connectivity index is 3.28. The predicted molar refractivity (Wildman–Crippen MR) is 46.6 cm³/mol. The Morgan fingerprint density at radius 1 is 1.58 bits per heavy atom. The van der Waals surface area contributed by atoms with Crippen molar-refractivity contribution < 1.29 is 8.78 Å². The number of alkyl halides is 2. The van der Waals surface area contributed by atoms with Crippen molar-refractivity contribution in [1.82, 2.24) is 4.98 Å². The van der Waals surface area contributed by atoms with Crippen LogP contribution in [-0.4, -0.2) is 4.98 Å². The van der Waals surface area contributed by atoms with Gasteiger partial charge in [-0.3, -0.25) is 0 Å². The summed E-state index contributed by atoms with van der Waals surface area (Å²) in [6.45, 7) is 1.56. The molecule has 1 rings (SSSR count). The maximum absolute atomic E-state index is 12.3. The van der Waals surface area contributed by atoms with Crippen LogP contribution in [0.4, 0.5) is 8.78 Å². The summed E-state index contributed by atoms with van der Waals surface area (Å²) in [6.07, 6.45) is -2.51. The highest BCUT2D eigenvalue weighted by Gasteiger charge is 2.14. The summed E-state index contributed by atoms with van der Waals surface area (Å²) in [5, 5.41) is 0.0720. The molecule has 1 aromatic heterocycles. The van der Waals surface area contributed by atoms with Crippen LogP contribution in [0.15, 0.2) is 10.7 Å². The van der Waals surface area contributed by atoms with E-state index in [1.165, 1.54) is 6.07 Å². The average Bonchev–Trinajstić information content (AvgIpc) is 1.96. The van der Waals surface area contributed by atoms with Crippen molar-refractivity contribution in [2.75, 3.05) is 0 Å². The van der Waals surface area contributed by atoms with Crippen molar-refractivity contribution in [1.29, 1.82) is 0 Å². The lowest BCUT2D eigenvalue weighted by Gasteiger charge is -2.05. The van der Waals surface area contributed by atoms with Crippen LogP contribution in [-0.2, 0) is 0 Å². The largest absolute Gasteiger partial charge is 0.264 e. The Kier molecular flexibility index (Phi) is 3.01. The summed E-state index contributed by atoms with van der Waals surface area (Å²) < 4.78 is 24.9. The van der Waals surface area contributed by atoms with Gasteiger partial charge in [0, 0.05) is 5.56 Å². The molecule has 0 aliphatic rings. The fourth-order valence-corrected chi connectivity index (χ4v) is 1.52. The van der Waals surface area contributed by atoms with E-state index >= 15 is 0 Å². The number of pyridine rings is 1. The quantitative estimate of drug-likeness (QED) is 0.698. The average molecular weight is 256 g/mol. The lowest BCUT2D eigenvalue weighted by atomic mass is 10.2. The smallest absolute Gasteiger partial charge is 0.229 e. The molecule has 0 aromatic carbocycles. The van der Waals surface area contributed by atoms with Crippen LogP contribution in [0.25, 0.3) is 0 Å². The lowest BCUT2D eigenvalue weighted by molar-refractivity contribution is 0.150. The third kappa shape index (κ3) is 1.93. The molecular weight excluding hydrogens is 251 g/mol. The van der Waals surface area contributed by atoms with Crippen LogP contribution in [0, 0.1) is 6.92 Å². The maximum Gasteiger partial charge on any atom is 0.264 e. The molecule has 0 unspecified atom stereocenters. The van der Waals surface area contributed by atoms with E-state index in [1.54, 1.807) is 6.92 Å². The topological polar surface area (TPSA) is 12.9 Å². The van der Waals surface area contributed by atoms with Gasteiger partial charge in [-0.15, -0.1) is 0 Å². The molecule has 0 aliphatic heterocycles. The summed E-state index contributed by atoms with van der Waals surface area (Å²) >= 11 is 8.53. The number of aromatic nitrogens is 1. The van der Waals surface area contributed by atoms with E-state index in [9.17, 15) is 8.78 Å². The highest BCUT2D eigenvalue weighted by atomic mass is 79.9. The van der Waals surface area contributed by atoms with Crippen molar-refractivity contribution in [2.45, 2.75) is 13.3 Å². The number of halogens is 4. The molecule has 0 bridgehead atoms. The molecule has 0 fully saturated rings. The Labute approximate surface area is 81.9 Å². The van der Waals surface area contributed by atoms with Gasteiger partial charge in [0.1, 0.15) is 9.76 Å². The maximum atomic E-state index is 12.3. The molecule has 0 aliphatic carbocycles. The van der Waals surface area contributed by atoms with Gasteiger partial charge >= 0.3 is 0 Å². The minimum absolute atomic E-state index is 0.0720. The summed E-state index contributed by atoms with van der Waals surface area (Å²) in [5.41, 5.74) is 0.344. The van der Waals surface area contributed by atoms with E-state index in [1.807, 2.05) is 0 Å². The first-order valence-corrected chi connectivity index (χ1v) is 4.30.